The molecule has 0 amide bonds. The van der Waals surface area contributed by atoms with Crippen molar-refractivity contribution in [1.82, 2.24) is 9.88 Å². The van der Waals surface area contributed by atoms with Crippen molar-refractivity contribution in [2.24, 2.45) is 4.99 Å². The van der Waals surface area contributed by atoms with Gasteiger partial charge in [-0.2, -0.15) is 5.26 Å². The van der Waals surface area contributed by atoms with E-state index in [2.05, 4.69) is 59.3 Å². The molecular weight excluding hydrogens is 304 g/mol. The lowest BCUT2D eigenvalue weighted by molar-refractivity contribution is 0.298. The largest absolute Gasteiger partial charge is 0.304 e. The summed E-state index contributed by atoms with van der Waals surface area (Å²) in [7, 11) is 4.13. The van der Waals surface area contributed by atoms with Crippen LogP contribution in [0, 0.1) is 18.3 Å². The van der Waals surface area contributed by atoms with Gasteiger partial charge in [0.15, 0.2) is 0 Å². The first-order valence-electron chi connectivity index (χ1n) is 7.62. The van der Waals surface area contributed by atoms with Crippen molar-refractivity contribution < 1.29 is 0 Å². The van der Waals surface area contributed by atoms with Crippen LogP contribution in [0.5, 0.6) is 0 Å². The molecule has 5 heteroatoms. The van der Waals surface area contributed by atoms with Gasteiger partial charge in [-0.1, -0.05) is 30.3 Å². The van der Waals surface area contributed by atoms with Gasteiger partial charge in [-0.05, 0) is 33.0 Å². The van der Waals surface area contributed by atoms with E-state index in [0.717, 1.165) is 17.1 Å². The van der Waals surface area contributed by atoms with E-state index in [1.54, 1.807) is 6.21 Å². The topological polar surface area (TPSA) is 52.3 Å². The van der Waals surface area contributed by atoms with Gasteiger partial charge in [0.2, 0.25) is 0 Å². The number of aliphatic imine (C=N–C) groups is 1. The molecule has 1 aromatic heterocycles. The Balaban J connectivity index is 1.99. The van der Waals surface area contributed by atoms with E-state index < -0.39 is 0 Å². The maximum atomic E-state index is 9.31. The van der Waals surface area contributed by atoms with Crippen molar-refractivity contribution in [3.63, 3.8) is 0 Å². The number of hydrogen-bond acceptors (Lipinski definition) is 5. The minimum absolute atomic E-state index is 0.311. The van der Waals surface area contributed by atoms with E-state index in [9.17, 15) is 5.26 Å². The minimum Gasteiger partial charge on any atom is -0.304 e. The summed E-state index contributed by atoms with van der Waals surface area (Å²) in [5, 5.41) is 12.1. The first-order valence-corrected chi connectivity index (χ1v) is 8.50. The molecule has 0 saturated heterocycles. The molecule has 0 fully saturated rings. The predicted molar refractivity (Wildman–Crippen MR) is 96.2 cm³/mol. The molecule has 2 atom stereocenters. The Labute approximate surface area is 142 Å². The molecule has 0 radical (unpaired) electrons. The summed E-state index contributed by atoms with van der Waals surface area (Å²) < 4.78 is 0. The van der Waals surface area contributed by atoms with Crippen LogP contribution in [0.2, 0.25) is 0 Å². The highest BCUT2D eigenvalue weighted by Gasteiger charge is 2.14. The van der Waals surface area contributed by atoms with Crippen LogP contribution in [0.1, 0.15) is 22.2 Å². The fraction of sp³-hybridized carbons (Fsp3) is 0.389. The van der Waals surface area contributed by atoms with Crippen molar-refractivity contribution >= 4 is 17.6 Å². The van der Waals surface area contributed by atoms with Gasteiger partial charge in [0.05, 0.1) is 12.6 Å². The summed E-state index contributed by atoms with van der Waals surface area (Å²) in [6, 6.07) is 13.0. The first-order chi connectivity index (χ1) is 11.1. The lowest BCUT2D eigenvalue weighted by Gasteiger charge is -2.22. The second-order valence-corrected chi connectivity index (χ2v) is 6.64. The standard InChI is InChI=1S/C18H22N4S/c1-14-13-23-18(21-14)16(10-19)11-20-12-17(22(2)3)9-15-7-5-4-6-8-15/h4-8,11,13,16-17H,9,12H2,1-3H3/t16-,17+/m1/s1. The summed E-state index contributed by atoms with van der Waals surface area (Å²) >= 11 is 1.51. The van der Waals surface area contributed by atoms with Crippen molar-refractivity contribution in [2.45, 2.75) is 25.3 Å². The average Bonchev–Trinajstić information content (AvgIpc) is 2.97. The monoisotopic (exact) mass is 326 g/mol. The van der Waals surface area contributed by atoms with Gasteiger partial charge in [0, 0.05) is 23.3 Å². The van der Waals surface area contributed by atoms with Crippen molar-refractivity contribution in [3.8, 4) is 6.07 Å². The van der Waals surface area contributed by atoms with Gasteiger partial charge in [-0.3, -0.25) is 4.99 Å². The zero-order chi connectivity index (χ0) is 16.7. The second kappa shape index (κ2) is 8.56. The van der Waals surface area contributed by atoms with Crippen LogP contribution < -0.4 is 0 Å². The van der Waals surface area contributed by atoms with Gasteiger partial charge in [-0.25, -0.2) is 4.98 Å². The summed E-state index contributed by atoms with van der Waals surface area (Å²) in [6.07, 6.45) is 2.68. The van der Waals surface area contributed by atoms with E-state index in [1.165, 1.54) is 16.9 Å². The highest BCUT2D eigenvalue weighted by molar-refractivity contribution is 7.09. The third kappa shape index (κ3) is 5.27. The van der Waals surface area contributed by atoms with E-state index in [4.69, 9.17) is 0 Å². The molecular formula is C18H22N4S. The highest BCUT2D eigenvalue weighted by atomic mass is 32.1. The van der Waals surface area contributed by atoms with Crippen LogP contribution in [-0.2, 0) is 6.42 Å². The van der Waals surface area contributed by atoms with Gasteiger partial charge >= 0.3 is 0 Å². The Morgan fingerprint density at radius 2 is 2.09 bits per heavy atom. The highest BCUT2D eigenvalue weighted by Crippen LogP contribution is 2.18. The molecule has 0 aliphatic heterocycles. The lowest BCUT2D eigenvalue weighted by atomic mass is 10.1. The van der Waals surface area contributed by atoms with Crippen molar-refractivity contribution in [3.05, 3.63) is 52.0 Å². The molecule has 2 aromatic rings. The van der Waals surface area contributed by atoms with E-state index in [-0.39, 0.29) is 5.92 Å². The van der Waals surface area contributed by atoms with Crippen LogP contribution in [0.4, 0.5) is 0 Å². The number of thiazole rings is 1. The summed E-state index contributed by atoms with van der Waals surface area (Å²) in [4.78, 5) is 11.1. The fourth-order valence-corrected chi connectivity index (χ4v) is 3.05. The number of nitriles is 1. The Morgan fingerprint density at radius 1 is 1.35 bits per heavy atom. The third-order valence-electron chi connectivity index (χ3n) is 3.66. The van der Waals surface area contributed by atoms with E-state index in [0.29, 0.717) is 12.6 Å². The molecule has 120 valence electrons. The molecule has 0 bridgehead atoms. The summed E-state index contributed by atoms with van der Waals surface area (Å²) in [5.74, 6) is -0.353. The molecule has 0 aliphatic carbocycles. The quantitative estimate of drug-likeness (QED) is 0.734. The maximum Gasteiger partial charge on any atom is 0.133 e. The zero-order valence-corrected chi connectivity index (χ0v) is 14.6. The number of aryl methyl sites for hydroxylation is 1. The smallest absolute Gasteiger partial charge is 0.133 e. The van der Waals surface area contributed by atoms with Gasteiger partial charge in [0.1, 0.15) is 10.9 Å². The maximum absolute atomic E-state index is 9.31. The number of likely N-dealkylation sites (N-methyl/N-ethyl adjacent to an activating group) is 1. The van der Waals surface area contributed by atoms with Crippen LogP contribution in [0.25, 0.3) is 0 Å². The minimum atomic E-state index is -0.353. The third-order valence-corrected chi connectivity index (χ3v) is 4.70. The average molecular weight is 326 g/mol. The molecule has 0 N–H and O–H groups in total. The van der Waals surface area contributed by atoms with Crippen molar-refractivity contribution in [1.29, 1.82) is 5.26 Å². The molecule has 1 heterocycles. The normalized spacial score (nSPS) is 14.0. The molecule has 4 nitrogen and oxygen atoms in total. The second-order valence-electron chi connectivity index (χ2n) is 5.76. The first kappa shape index (κ1) is 17.3. The van der Waals surface area contributed by atoms with E-state index >= 15 is 0 Å². The van der Waals surface area contributed by atoms with Crippen LogP contribution in [-0.4, -0.2) is 42.8 Å². The Kier molecular flexibility index (Phi) is 6.45. The molecule has 0 aliphatic rings. The zero-order valence-electron chi connectivity index (χ0n) is 13.8. The molecule has 1 aromatic carbocycles. The van der Waals surface area contributed by atoms with Crippen LogP contribution in [0.3, 0.4) is 0 Å². The van der Waals surface area contributed by atoms with E-state index in [1.807, 2.05) is 18.4 Å². The molecule has 0 unspecified atom stereocenters. The number of rotatable bonds is 7. The molecule has 0 spiro atoms. The van der Waals surface area contributed by atoms with Gasteiger partial charge in [-0.15, -0.1) is 11.3 Å². The van der Waals surface area contributed by atoms with Crippen LogP contribution in [0.15, 0.2) is 40.7 Å². The van der Waals surface area contributed by atoms with Crippen LogP contribution >= 0.6 is 11.3 Å². The van der Waals surface area contributed by atoms with Gasteiger partial charge < -0.3 is 4.90 Å². The Morgan fingerprint density at radius 3 is 2.65 bits per heavy atom. The molecule has 0 saturated carbocycles. The Hall–Kier alpha value is -2.03. The fourth-order valence-electron chi connectivity index (χ4n) is 2.25. The predicted octanol–water partition coefficient (Wildman–Crippen LogP) is 3.30. The number of aromatic nitrogens is 1. The number of benzene rings is 1. The van der Waals surface area contributed by atoms with Gasteiger partial charge in [0.25, 0.3) is 0 Å². The SMILES string of the molecule is Cc1csc([C@H](C#N)C=NC[C@H](Cc2ccccc2)N(C)C)n1. The summed E-state index contributed by atoms with van der Waals surface area (Å²) in [5.41, 5.74) is 2.25. The molecule has 2 rings (SSSR count). The lowest BCUT2D eigenvalue weighted by Crippen LogP contribution is -2.32. The van der Waals surface area contributed by atoms with Crippen molar-refractivity contribution in [2.75, 3.05) is 20.6 Å². The number of hydrogen-bond donors (Lipinski definition) is 0. The number of nitrogens with zero attached hydrogens (tertiary/aromatic N) is 4. The summed E-state index contributed by atoms with van der Waals surface area (Å²) in [6.45, 7) is 2.61. The molecule has 23 heavy (non-hydrogen) atoms. The Bertz CT molecular complexity index is 670.